The molecular formula is C16H18BrNO2. The Hall–Kier alpha value is -1.39. The molecule has 2 aromatic rings. The van der Waals surface area contributed by atoms with Gasteiger partial charge in [0.25, 0.3) is 0 Å². The molecule has 0 heterocycles. The number of halogens is 1. The zero-order valence-electron chi connectivity index (χ0n) is 11.3. The third-order valence-corrected chi connectivity index (χ3v) is 4.17. The molecule has 2 atom stereocenters. The van der Waals surface area contributed by atoms with Gasteiger partial charge in [0.15, 0.2) is 0 Å². The number of aliphatic carboxylic acids is 1. The number of fused-ring (bicyclic) bond motifs is 1. The first-order valence-electron chi connectivity index (χ1n) is 6.63. The second-order valence-electron chi connectivity index (χ2n) is 5.23. The Bertz CT molecular complexity index is 627. The summed E-state index contributed by atoms with van der Waals surface area (Å²) in [4.78, 5) is 10.7. The van der Waals surface area contributed by atoms with Crippen LogP contribution in [0.4, 0.5) is 0 Å². The fourth-order valence-electron chi connectivity index (χ4n) is 2.55. The molecule has 0 aliphatic carbocycles. The van der Waals surface area contributed by atoms with Crippen LogP contribution in [-0.4, -0.2) is 11.1 Å². The van der Waals surface area contributed by atoms with Gasteiger partial charge in [0.1, 0.15) is 0 Å². The van der Waals surface area contributed by atoms with Crippen molar-refractivity contribution in [2.75, 3.05) is 0 Å². The highest BCUT2D eigenvalue weighted by Gasteiger charge is 2.16. The van der Waals surface area contributed by atoms with Crippen LogP contribution in [0.5, 0.6) is 0 Å². The van der Waals surface area contributed by atoms with Crippen LogP contribution >= 0.6 is 15.9 Å². The summed E-state index contributed by atoms with van der Waals surface area (Å²) in [5.41, 5.74) is 7.35. The topological polar surface area (TPSA) is 63.3 Å². The van der Waals surface area contributed by atoms with Gasteiger partial charge in [0.05, 0.1) is 0 Å². The SMILES string of the molecule is CC(CC(=O)O)CC(N)c1ccc(Br)c2ccccc12. The molecule has 0 saturated heterocycles. The standard InChI is InChI=1S/C16H18BrNO2/c1-10(9-16(19)20)8-15(18)13-6-7-14(17)12-5-3-2-4-11(12)13/h2-7,10,15H,8-9,18H2,1H3,(H,19,20). The van der Waals surface area contributed by atoms with Gasteiger partial charge in [-0.05, 0) is 34.7 Å². The van der Waals surface area contributed by atoms with E-state index in [4.69, 9.17) is 10.8 Å². The molecular weight excluding hydrogens is 318 g/mol. The minimum absolute atomic E-state index is 0.0601. The van der Waals surface area contributed by atoms with Crippen molar-refractivity contribution < 1.29 is 9.90 Å². The summed E-state index contributed by atoms with van der Waals surface area (Å²) in [6, 6.07) is 12.0. The van der Waals surface area contributed by atoms with E-state index in [9.17, 15) is 4.79 Å². The lowest BCUT2D eigenvalue weighted by Crippen LogP contribution is -2.16. The fourth-order valence-corrected chi connectivity index (χ4v) is 3.03. The summed E-state index contributed by atoms with van der Waals surface area (Å²) in [6.07, 6.45) is 0.820. The van der Waals surface area contributed by atoms with Gasteiger partial charge in [-0.3, -0.25) is 4.79 Å². The van der Waals surface area contributed by atoms with Crippen molar-refractivity contribution in [1.29, 1.82) is 0 Å². The van der Waals surface area contributed by atoms with Gasteiger partial charge in [-0.25, -0.2) is 0 Å². The van der Waals surface area contributed by atoms with Crippen LogP contribution in [0.15, 0.2) is 40.9 Å². The second-order valence-corrected chi connectivity index (χ2v) is 6.08. The van der Waals surface area contributed by atoms with E-state index in [2.05, 4.69) is 28.1 Å². The summed E-state index contributed by atoms with van der Waals surface area (Å²) in [5, 5.41) is 11.1. The molecule has 0 fully saturated rings. The molecule has 2 aromatic carbocycles. The quantitative estimate of drug-likeness (QED) is 0.864. The monoisotopic (exact) mass is 335 g/mol. The van der Waals surface area contributed by atoms with Gasteiger partial charge in [-0.1, -0.05) is 53.2 Å². The molecule has 106 valence electrons. The normalized spacial score (nSPS) is 14.2. The van der Waals surface area contributed by atoms with Gasteiger partial charge in [-0.15, -0.1) is 0 Å². The molecule has 4 heteroatoms. The highest BCUT2D eigenvalue weighted by atomic mass is 79.9. The van der Waals surface area contributed by atoms with Crippen molar-refractivity contribution in [3.63, 3.8) is 0 Å². The average Bonchev–Trinajstić information content (AvgIpc) is 2.38. The Morgan fingerprint density at radius 3 is 2.55 bits per heavy atom. The predicted octanol–water partition coefficient (Wildman–Crippen LogP) is 4.10. The summed E-state index contributed by atoms with van der Waals surface area (Å²) in [6.45, 7) is 1.93. The number of hydrogen-bond donors (Lipinski definition) is 2. The van der Waals surface area contributed by atoms with Crippen molar-refractivity contribution in [2.24, 2.45) is 11.7 Å². The van der Waals surface area contributed by atoms with Gasteiger partial charge in [0.2, 0.25) is 0 Å². The van der Waals surface area contributed by atoms with Crippen LogP contribution in [-0.2, 0) is 4.79 Å². The molecule has 0 amide bonds. The number of carbonyl (C=O) groups is 1. The summed E-state index contributed by atoms with van der Waals surface area (Å²) in [7, 11) is 0. The van der Waals surface area contributed by atoms with Crippen LogP contribution in [0.25, 0.3) is 10.8 Å². The van der Waals surface area contributed by atoms with Gasteiger partial charge in [0, 0.05) is 16.9 Å². The molecule has 0 aromatic heterocycles. The molecule has 0 aliphatic heterocycles. The lowest BCUT2D eigenvalue weighted by Gasteiger charge is -2.18. The molecule has 0 radical (unpaired) electrons. The Balaban J connectivity index is 2.28. The lowest BCUT2D eigenvalue weighted by molar-refractivity contribution is -0.138. The van der Waals surface area contributed by atoms with Crippen LogP contribution in [0.2, 0.25) is 0 Å². The van der Waals surface area contributed by atoms with Gasteiger partial charge in [-0.2, -0.15) is 0 Å². The molecule has 3 nitrogen and oxygen atoms in total. The molecule has 0 spiro atoms. The zero-order valence-corrected chi connectivity index (χ0v) is 12.9. The van der Waals surface area contributed by atoms with Crippen LogP contribution in [0.1, 0.15) is 31.4 Å². The molecule has 2 unspecified atom stereocenters. The Kier molecular flexibility index (Phi) is 4.78. The Morgan fingerprint density at radius 2 is 1.90 bits per heavy atom. The molecule has 0 bridgehead atoms. The van der Waals surface area contributed by atoms with Gasteiger partial charge < -0.3 is 10.8 Å². The van der Waals surface area contributed by atoms with E-state index in [1.807, 2.05) is 31.2 Å². The molecule has 2 rings (SSSR count). The number of benzene rings is 2. The lowest BCUT2D eigenvalue weighted by atomic mass is 9.91. The maximum Gasteiger partial charge on any atom is 0.303 e. The van der Waals surface area contributed by atoms with E-state index >= 15 is 0 Å². The van der Waals surface area contributed by atoms with Crippen molar-refractivity contribution in [2.45, 2.75) is 25.8 Å². The van der Waals surface area contributed by atoms with Crippen LogP contribution in [0.3, 0.4) is 0 Å². The van der Waals surface area contributed by atoms with E-state index in [0.717, 1.165) is 20.8 Å². The minimum Gasteiger partial charge on any atom is -0.481 e. The Morgan fingerprint density at radius 1 is 1.25 bits per heavy atom. The smallest absolute Gasteiger partial charge is 0.303 e. The number of nitrogens with two attached hydrogens (primary N) is 1. The predicted molar refractivity (Wildman–Crippen MR) is 84.6 cm³/mol. The number of carboxylic acids is 1. The second kappa shape index (κ2) is 6.37. The van der Waals surface area contributed by atoms with Crippen molar-refractivity contribution >= 4 is 32.7 Å². The third kappa shape index (κ3) is 3.38. The zero-order chi connectivity index (χ0) is 14.7. The summed E-state index contributed by atoms with van der Waals surface area (Å²) in [5.74, 6) is -0.713. The van der Waals surface area contributed by atoms with E-state index in [1.54, 1.807) is 0 Å². The Labute approximate surface area is 126 Å². The van der Waals surface area contributed by atoms with Gasteiger partial charge >= 0.3 is 5.97 Å². The third-order valence-electron chi connectivity index (χ3n) is 3.48. The minimum atomic E-state index is -0.773. The highest BCUT2D eigenvalue weighted by molar-refractivity contribution is 9.10. The number of hydrogen-bond acceptors (Lipinski definition) is 2. The van der Waals surface area contributed by atoms with Crippen molar-refractivity contribution in [3.05, 3.63) is 46.4 Å². The first-order chi connectivity index (χ1) is 9.49. The first-order valence-corrected chi connectivity index (χ1v) is 7.43. The van der Waals surface area contributed by atoms with Crippen molar-refractivity contribution in [1.82, 2.24) is 0 Å². The molecule has 0 aliphatic rings. The average molecular weight is 336 g/mol. The van der Waals surface area contributed by atoms with E-state index in [-0.39, 0.29) is 18.4 Å². The maximum absolute atomic E-state index is 10.7. The molecule has 20 heavy (non-hydrogen) atoms. The molecule has 0 saturated carbocycles. The number of rotatable bonds is 5. The first kappa shape index (κ1) is 15.0. The summed E-state index contributed by atoms with van der Waals surface area (Å²) >= 11 is 3.55. The highest BCUT2D eigenvalue weighted by Crippen LogP contribution is 2.31. The molecule has 3 N–H and O–H groups in total. The van der Waals surface area contributed by atoms with E-state index < -0.39 is 5.97 Å². The largest absolute Gasteiger partial charge is 0.481 e. The van der Waals surface area contributed by atoms with E-state index in [0.29, 0.717) is 6.42 Å². The maximum atomic E-state index is 10.7. The van der Waals surface area contributed by atoms with Crippen molar-refractivity contribution in [3.8, 4) is 0 Å². The number of carboxylic acid groups (broad SMARTS) is 1. The fraction of sp³-hybridized carbons (Fsp3) is 0.312. The van der Waals surface area contributed by atoms with Crippen LogP contribution < -0.4 is 5.73 Å². The van der Waals surface area contributed by atoms with E-state index in [1.165, 1.54) is 0 Å². The van der Waals surface area contributed by atoms with Crippen LogP contribution in [0, 0.1) is 5.92 Å². The summed E-state index contributed by atoms with van der Waals surface area (Å²) < 4.78 is 1.04.